The van der Waals surface area contributed by atoms with Gasteiger partial charge in [-0.05, 0) is 64.3 Å². The van der Waals surface area contributed by atoms with Gasteiger partial charge in [-0.2, -0.15) is 0 Å². The minimum absolute atomic E-state index is 0.0872. The standard InChI is InChI=1S/C29H36N4O8/c1-6-15(2)22-17(4)40-28(38)16(3)25(35)20(13-19-9-7-11-30-14-19)32-26(36)23(18(5)41-29(22)39)33-27(37)24-21(34)10-8-12-31-24/h7-12,14,16-18,20,23,25,34-35H,6,13H2,1-5H3,(H,32,36)(H,33,37). The summed E-state index contributed by atoms with van der Waals surface area (Å²) in [6.07, 6.45) is 1.31. The van der Waals surface area contributed by atoms with Crippen molar-refractivity contribution in [1.29, 1.82) is 0 Å². The van der Waals surface area contributed by atoms with Crippen LogP contribution in [-0.4, -0.2) is 74.3 Å². The van der Waals surface area contributed by atoms with E-state index in [2.05, 4.69) is 20.6 Å². The zero-order valence-electron chi connectivity index (χ0n) is 23.7. The smallest absolute Gasteiger partial charge is 0.338 e. The third-order valence-electron chi connectivity index (χ3n) is 7.04. The maximum Gasteiger partial charge on any atom is 0.338 e. The highest BCUT2D eigenvalue weighted by molar-refractivity contribution is 5.98. The highest BCUT2D eigenvalue weighted by Crippen LogP contribution is 2.23. The molecule has 2 aromatic heterocycles. The number of pyridine rings is 2. The molecule has 3 heterocycles. The van der Waals surface area contributed by atoms with Gasteiger partial charge in [-0.25, -0.2) is 9.78 Å². The van der Waals surface area contributed by atoms with Crippen molar-refractivity contribution in [1.82, 2.24) is 20.6 Å². The Morgan fingerprint density at radius 2 is 1.80 bits per heavy atom. The molecule has 0 aliphatic carbocycles. The van der Waals surface area contributed by atoms with Gasteiger partial charge in [-0.3, -0.25) is 19.4 Å². The minimum atomic E-state index is -1.47. The van der Waals surface area contributed by atoms with Gasteiger partial charge in [0.05, 0.1) is 23.6 Å². The molecular formula is C29H36N4O8. The molecule has 0 aromatic carbocycles. The number of allylic oxidation sites excluding steroid dienone is 1. The number of cyclic esters (lactones) is 2. The number of amides is 2. The molecule has 0 bridgehead atoms. The van der Waals surface area contributed by atoms with Crippen molar-refractivity contribution in [3.8, 4) is 5.75 Å². The first kappa shape index (κ1) is 31.2. The molecule has 6 atom stereocenters. The van der Waals surface area contributed by atoms with Crippen LogP contribution in [-0.2, 0) is 30.3 Å². The molecule has 12 nitrogen and oxygen atoms in total. The van der Waals surface area contributed by atoms with E-state index < -0.39 is 65.8 Å². The van der Waals surface area contributed by atoms with E-state index in [4.69, 9.17) is 9.47 Å². The van der Waals surface area contributed by atoms with Crippen LogP contribution in [0.5, 0.6) is 5.75 Å². The Morgan fingerprint density at radius 1 is 1.10 bits per heavy atom. The Balaban J connectivity index is 2.07. The largest absolute Gasteiger partial charge is 0.505 e. The summed E-state index contributed by atoms with van der Waals surface area (Å²) in [5, 5.41) is 26.6. The van der Waals surface area contributed by atoms with Crippen molar-refractivity contribution in [3.63, 3.8) is 0 Å². The number of aromatic hydroxyl groups is 1. The summed E-state index contributed by atoms with van der Waals surface area (Å²) in [6.45, 7) is 7.92. The first-order valence-electron chi connectivity index (χ1n) is 13.4. The quantitative estimate of drug-likeness (QED) is 0.306. The maximum atomic E-state index is 13.7. The molecule has 41 heavy (non-hydrogen) atoms. The summed E-state index contributed by atoms with van der Waals surface area (Å²) in [6, 6.07) is 3.64. The topological polar surface area (TPSA) is 177 Å². The van der Waals surface area contributed by atoms with Crippen LogP contribution in [0.3, 0.4) is 0 Å². The third kappa shape index (κ3) is 7.66. The van der Waals surface area contributed by atoms with Gasteiger partial charge in [-0.15, -0.1) is 0 Å². The average Bonchev–Trinajstić information content (AvgIpc) is 2.94. The highest BCUT2D eigenvalue weighted by Gasteiger charge is 2.39. The second-order valence-electron chi connectivity index (χ2n) is 10.0. The van der Waals surface area contributed by atoms with E-state index in [-0.39, 0.29) is 17.7 Å². The van der Waals surface area contributed by atoms with Gasteiger partial charge in [0, 0.05) is 18.6 Å². The fourth-order valence-electron chi connectivity index (χ4n) is 4.49. The second-order valence-corrected chi connectivity index (χ2v) is 10.0. The Kier molecular flexibility index (Phi) is 10.5. The highest BCUT2D eigenvalue weighted by atomic mass is 16.6. The van der Waals surface area contributed by atoms with Crippen LogP contribution in [0.15, 0.2) is 54.0 Å². The number of nitrogens with one attached hydrogen (secondary N) is 2. The van der Waals surface area contributed by atoms with E-state index in [1.807, 2.05) is 6.92 Å². The fourth-order valence-corrected chi connectivity index (χ4v) is 4.49. The lowest BCUT2D eigenvalue weighted by atomic mass is 9.92. The molecule has 0 radical (unpaired) electrons. The first-order chi connectivity index (χ1) is 19.4. The number of aliphatic hydroxyl groups is 1. The summed E-state index contributed by atoms with van der Waals surface area (Å²) >= 11 is 0. The summed E-state index contributed by atoms with van der Waals surface area (Å²) in [4.78, 5) is 61.1. The summed E-state index contributed by atoms with van der Waals surface area (Å²) in [5.74, 6) is -4.80. The molecule has 1 aliphatic rings. The molecular weight excluding hydrogens is 532 g/mol. The molecule has 6 unspecified atom stereocenters. The number of rotatable bonds is 5. The molecule has 3 rings (SSSR count). The van der Waals surface area contributed by atoms with Gasteiger partial charge in [0.1, 0.15) is 24.0 Å². The third-order valence-corrected chi connectivity index (χ3v) is 7.04. The SMILES string of the molecule is CCC(C)=C1C(=O)OC(C)C(NC(=O)c2ncccc2O)C(=O)NC(Cc2cccnc2)C(O)C(C)C(=O)OC1C. The minimum Gasteiger partial charge on any atom is -0.505 e. The molecule has 1 fully saturated rings. The molecule has 0 spiro atoms. The molecule has 1 aliphatic heterocycles. The number of hydrogen-bond donors (Lipinski definition) is 4. The molecule has 12 heteroatoms. The van der Waals surface area contributed by atoms with Gasteiger partial charge in [0.25, 0.3) is 5.91 Å². The number of aromatic nitrogens is 2. The monoisotopic (exact) mass is 568 g/mol. The number of esters is 2. The average molecular weight is 569 g/mol. The van der Waals surface area contributed by atoms with E-state index in [1.165, 1.54) is 39.1 Å². The van der Waals surface area contributed by atoms with Crippen molar-refractivity contribution in [2.45, 2.75) is 77.9 Å². The van der Waals surface area contributed by atoms with Crippen LogP contribution < -0.4 is 10.6 Å². The second kappa shape index (κ2) is 13.8. The van der Waals surface area contributed by atoms with Crippen LogP contribution in [0.1, 0.15) is 57.1 Å². The predicted octanol–water partition coefficient (Wildman–Crippen LogP) is 1.61. The van der Waals surface area contributed by atoms with Crippen LogP contribution >= 0.6 is 0 Å². The van der Waals surface area contributed by atoms with Crippen LogP contribution in [0.2, 0.25) is 0 Å². The zero-order valence-corrected chi connectivity index (χ0v) is 23.7. The number of carbonyl (C=O) groups excluding carboxylic acids is 4. The molecule has 220 valence electrons. The van der Waals surface area contributed by atoms with Crippen molar-refractivity contribution in [2.75, 3.05) is 0 Å². The van der Waals surface area contributed by atoms with E-state index >= 15 is 0 Å². The Morgan fingerprint density at radius 3 is 2.44 bits per heavy atom. The molecule has 2 aromatic rings. The summed E-state index contributed by atoms with van der Waals surface area (Å²) in [7, 11) is 0. The number of ether oxygens (including phenoxy) is 2. The first-order valence-corrected chi connectivity index (χ1v) is 13.4. The number of nitrogens with zero attached hydrogens (tertiary/aromatic N) is 2. The van der Waals surface area contributed by atoms with E-state index in [0.29, 0.717) is 17.6 Å². The lowest BCUT2D eigenvalue weighted by molar-refractivity contribution is -0.157. The molecule has 4 N–H and O–H groups in total. The Hall–Kier alpha value is -4.32. The van der Waals surface area contributed by atoms with Crippen molar-refractivity contribution >= 4 is 23.8 Å². The zero-order chi connectivity index (χ0) is 30.3. The molecule has 0 saturated carbocycles. The lowest BCUT2D eigenvalue weighted by Crippen LogP contribution is -2.58. The van der Waals surface area contributed by atoms with Gasteiger partial charge >= 0.3 is 11.9 Å². The molecule has 2 amide bonds. The Labute approximate surface area is 238 Å². The number of hydrogen-bond acceptors (Lipinski definition) is 10. The summed E-state index contributed by atoms with van der Waals surface area (Å²) < 4.78 is 11.2. The fraction of sp³-hybridized carbons (Fsp3) is 0.448. The number of carbonyl (C=O) groups is 4. The van der Waals surface area contributed by atoms with Crippen LogP contribution in [0, 0.1) is 5.92 Å². The van der Waals surface area contributed by atoms with E-state index in [9.17, 15) is 29.4 Å². The van der Waals surface area contributed by atoms with Gasteiger partial charge < -0.3 is 30.3 Å². The van der Waals surface area contributed by atoms with Crippen molar-refractivity contribution in [2.24, 2.45) is 5.92 Å². The van der Waals surface area contributed by atoms with Crippen molar-refractivity contribution in [3.05, 3.63) is 65.3 Å². The number of aliphatic hydroxyl groups excluding tert-OH is 1. The van der Waals surface area contributed by atoms with E-state index in [0.717, 1.165) is 0 Å². The van der Waals surface area contributed by atoms with Crippen molar-refractivity contribution < 1.29 is 38.9 Å². The van der Waals surface area contributed by atoms with Crippen LogP contribution in [0.25, 0.3) is 0 Å². The van der Waals surface area contributed by atoms with Gasteiger partial charge in [0.2, 0.25) is 5.91 Å². The van der Waals surface area contributed by atoms with Gasteiger partial charge in [0.15, 0.2) is 5.69 Å². The van der Waals surface area contributed by atoms with Gasteiger partial charge in [-0.1, -0.05) is 18.6 Å². The Bertz CT molecular complexity index is 1300. The predicted molar refractivity (Wildman–Crippen MR) is 146 cm³/mol. The lowest BCUT2D eigenvalue weighted by Gasteiger charge is -2.30. The van der Waals surface area contributed by atoms with Crippen LogP contribution in [0.4, 0.5) is 0 Å². The normalized spacial score (nSPS) is 27.2. The maximum absolute atomic E-state index is 13.7. The molecule has 1 saturated heterocycles. The summed E-state index contributed by atoms with van der Waals surface area (Å²) in [5.41, 5.74) is 1.02. The van der Waals surface area contributed by atoms with E-state index in [1.54, 1.807) is 31.5 Å².